The average molecular weight is 270 g/mol. The van der Waals surface area contributed by atoms with Gasteiger partial charge in [0.25, 0.3) is 0 Å². The van der Waals surface area contributed by atoms with Crippen molar-refractivity contribution in [2.24, 2.45) is 10.4 Å². The number of hydrogen-bond acceptors (Lipinski definition) is 5. The molecule has 1 N–H and O–H groups in total. The van der Waals surface area contributed by atoms with Gasteiger partial charge in [0.1, 0.15) is 0 Å². The summed E-state index contributed by atoms with van der Waals surface area (Å²) in [4.78, 5) is 15.6. The third kappa shape index (κ3) is 3.64. The molecule has 102 valence electrons. The Bertz CT molecular complexity index is 325. The van der Waals surface area contributed by atoms with Crippen LogP contribution in [0.3, 0.4) is 0 Å². The van der Waals surface area contributed by atoms with E-state index in [9.17, 15) is 4.79 Å². The monoisotopic (exact) mass is 270 g/mol. The lowest BCUT2D eigenvalue weighted by Crippen LogP contribution is -2.37. The van der Waals surface area contributed by atoms with Crippen LogP contribution in [0.5, 0.6) is 0 Å². The number of carbonyl (C=O) groups is 1. The molecule has 1 saturated carbocycles. The van der Waals surface area contributed by atoms with Gasteiger partial charge in [-0.1, -0.05) is 31.0 Å². The van der Waals surface area contributed by atoms with Gasteiger partial charge in [-0.25, -0.2) is 0 Å². The van der Waals surface area contributed by atoms with Crippen LogP contribution in [-0.2, 0) is 9.53 Å². The number of hydrogen-bond donors (Lipinski definition) is 1. The number of rotatable bonds is 3. The first-order valence-corrected chi connectivity index (χ1v) is 7.71. The fourth-order valence-electron chi connectivity index (χ4n) is 2.64. The SMILES string of the molecule is COC(=O)CCNC1=NCC2(CCCCC2)CS1. The fraction of sp³-hybridized carbons (Fsp3) is 0.846. The molecule has 4 nitrogen and oxygen atoms in total. The molecule has 2 aliphatic rings. The van der Waals surface area contributed by atoms with Crippen molar-refractivity contribution in [3.63, 3.8) is 0 Å². The molecule has 1 aliphatic carbocycles. The Morgan fingerprint density at radius 1 is 1.44 bits per heavy atom. The summed E-state index contributed by atoms with van der Waals surface area (Å²) in [7, 11) is 1.42. The molecule has 0 aromatic heterocycles. The van der Waals surface area contributed by atoms with Crippen molar-refractivity contribution < 1.29 is 9.53 Å². The fourth-order valence-corrected chi connectivity index (χ4v) is 3.82. The topological polar surface area (TPSA) is 50.7 Å². The second-order valence-electron chi connectivity index (χ2n) is 5.22. The third-order valence-electron chi connectivity index (χ3n) is 3.82. The zero-order valence-corrected chi connectivity index (χ0v) is 11.9. The number of esters is 1. The maximum atomic E-state index is 11.0. The summed E-state index contributed by atoms with van der Waals surface area (Å²) in [6.45, 7) is 1.58. The summed E-state index contributed by atoms with van der Waals surface area (Å²) in [5.41, 5.74) is 0.469. The number of amidine groups is 1. The van der Waals surface area contributed by atoms with Crippen LogP contribution in [0.15, 0.2) is 4.99 Å². The average Bonchev–Trinajstić information content (AvgIpc) is 2.42. The van der Waals surface area contributed by atoms with Crippen LogP contribution in [0, 0.1) is 5.41 Å². The van der Waals surface area contributed by atoms with E-state index in [0.29, 0.717) is 18.4 Å². The molecule has 0 radical (unpaired) electrons. The van der Waals surface area contributed by atoms with Crippen molar-refractivity contribution in [1.29, 1.82) is 0 Å². The van der Waals surface area contributed by atoms with Gasteiger partial charge in [0.05, 0.1) is 13.5 Å². The predicted octanol–water partition coefficient (Wildman–Crippen LogP) is 2.19. The molecule has 0 saturated heterocycles. The van der Waals surface area contributed by atoms with E-state index in [-0.39, 0.29) is 5.97 Å². The lowest BCUT2D eigenvalue weighted by Gasteiger charge is -2.38. The number of methoxy groups -OCH3 is 1. The third-order valence-corrected chi connectivity index (χ3v) is 5.12. The molecule has 0 atom stereocenters. The van der Waals surface area contributed by atoms with E-state index in [1.54, 1.807) is 0 Å². The molecule has 0 unspecified atom stereocenters. The molecule has 0 aromatic carbocycles. The van der Waals surface area contributed by atoms with Crippen LogP contribution < -0.4 is 5.32 Å². The Labute approximate surface area is 113 Å². The lowest BCUT2D eigenvalue weighted by atomic mass is 9.75. The Morgan fingerprint density at radius 3 is 2.83 bits per heavy atom. The molecule has 5 heteroatoms. The predicted molar refractivity (Wildman–Crippen MR) is 74.9 cm³/mol. The Balaban J connectivity index is 1.74. The van der Waals surface area contributed by atoms with Crippen LogP contribution in [0.1, 0.15) is 38.5 Å². The second kappa shape index (κ2) is 6.45. The zero-order valence-electron chi connectivity index (χ0n) is 11.0. The van der Waals surface area contributed by atoms with Crippen molar-refractivity contribution in [3.05, 3.63) is 0 Å². The van der Waals surface area contributed by atoms with Gasteiger partial charge in [-0.05, 0) is 18.3 Å². The van der Waals surface area contributed by atoms with Crippen molar-refractivity contribution >= 4 is 22.9 Å². The van der Waals surface area contributed by atoms with Gasteiger partial charge in [-0.3, -0.25) is 9.79 Å². The number of thioether (sulfide) groups is 1. The van der Waals surface area contributed by atoms with Crippen molar-refractivity contribution in [2.45, 2.75) is 38.5 Å². The van der Waals surface area contributed by atoms with Crippen molar-refractivity contribution in [1.82, 2.24) is 5.32 Å². The summed E-state index contributed by atoms with van der Waals surface area (Å²) < 4.78 is 4.60. The van der Waals surface area contributed by atoms with Crippen molar-refractivity contribution in [2.75, 3.05) is 26.0 Å². The molecule has 1 heterocycles. The normalized spacial score (nSPS) is 22.4. The van der Waals surface area contributed by atoms with Gasteiger partial charge in [0.2, 0.25) is 0 Å². The zero-order chi connectivity index (χ0) is 12.8. The smallest absolute Gasteiger partial charge is 0.307 e. The van der Waals surface area contributed by atoms with Crippen LogP contribution in [-0.4, -0.2) is 37.1 Å². The molecule has 0 aromatic rings. The van der Waals surface area contributed by atoms with Crippen LogP contribution in [0.25, 0.3) is 0 Å². The minimum absolute atomic E-state index is 0.173. The largest absolute Gasteiger partial charge is 0.469 e. The van der Waals surface area contributed by atoms with E-state index >= 15 is 0 Å². The quantitative estimate of drug-likeness (QED) is 0.799. The number of ether oxygens (including phenoxy) is 1. The van der Waals surface area contributed by atoms with Crippen LogP contribution >= 0.6 is 11.8 Å². The highest BCUT2D eigenvalue weighted by atomic mass is 32.2. The molecular formula is C13H22N2O2S. The van der Waals surface area contributed by atoms with Gasteiger partial charge in [-0.15, -0.1) is 0 Å². The van der Waals surface area contributed by atoms with Gasteiger partial charge in [0, 0.05) is 18.8 Å². The lowest BCUT2D eigenvalue weighted by molar-refractivity contribution is -0.140. The number of aliphatic imine (C=N–C) groups is 1. The molecule has 2 rings (SSSR count). The summed E-state index contributed by atoms with van der Waals surface area (Å²) in [6.07, 6.45) is 7.18. The Morgan fingerprint density at radius 2 is 2.22 bits per heavy atom. The van der Waals surface area contributed by atoms with E-state index < -0.39 is 0 Å². The Hall–Kier alpha value is -0.710. The first-order chi connectivity index (χ1) is 8.74. The molecular weight excluding hydrogens is 248 g/mol. The summed E-state index contributed by atoms with van der Waals surface area (Å²) in [6, 6.07) is 0. The molecule has 1 spiro atoms. The molecule has 1 fully saturated rings. The van der Waals surface area contributed by atoms with Gasteiger partial charge < -0.3 is 10.1 Å². The van der Waals surface area contributed by atoms with E-state index in [1.165, 1.54) is 45.0 Å². The maximum Gasteiger partial charge on any atom is 0.307 e. The second-order valence-corrected chi connectivity index (χ2v) is 6.19. The van der Waals surface area contributed by atoms with Gasteiger partial charge >= 0.3 is 5.97 Å². The van der Waals surface area contributed by atoms with Crippen LogP contribution in [0.4, 0.5) is 0 Å². The van der Waals surface area contributed by atoms with Crippen LogP contribution in [0.2, 0.25) is 0 Å². The minimum atomic E-state index is -0.173. The molecule has 1 aliphatic heterocycles. The highest BCUT2D eigenvalue weighted by Crippen LogP contribution is 2.41. The first kappa shape index (κ1) is 13.7. The number of nitrogens with one attached hydrogen (secondary N) is 1. The van der Waals surface area contributed by atoms with Gasteiger partial charge in [0.15, 0.2) is 5.17 Å². The Kier molecular flexibility index (Phi) is 4.92. The van der Waals surface area contributed by atoms with E-state index in [2.05, 4.69) is 15.0 Å². The van der Waals surface area contributed by atoms with Crippen molar-refractivity contribution in [3.8, 4) is 0 Å². The molecule has 0 bridgehead atoms. The first-order valence-electron chi connectivity index (χ1n) is 6.72. The molecule has 0 amide bonds. The van der Waals surface area contributed by atoms with Gasteiger partial charge in [-0.2, -0.15) is 0 Å². The standard InChI is InChI=1S/C13H22N2O2S/c1-17-11(16)5-8-14-12-15-9-13(10-18-12)6-3-2-4-7-13/h2-10H2,1H3,(H,14,15). The number of carbonyl (C=O) groups excluding carboxylic acids is 1. The summed E-state index contributed by atoms with van der Waals surface area (Å²) >= 11 is 1.81. The maximum absolute atomic E-state index is 11.0. The molecule has 18 heavy (non-hydrogen) atoms. The summed E-state index contributed by atoms with van der Waals surface area (Å²) in [5, 5.41) is 4.22. The van der Waals surface area contributed by atoms with E-state index in [4.69, 9.17) is 0 Å². The van der Waals surface area contributed by atoms with E-state index in [1.807, 2.05) is 11.8 Å². The highest BCUT2D eigenvalue weighted by Gasteiger charge is 2.34. The summed E-state index contributed by atoms with van der Waals surface area (Å²) in [5.74, 6) is 1.00. The van der Waals surface area contributed by atoms with E-state index in [0.717, 1.165) is 11.7 Å². The number of nitrogens with zero attached hydrogens (tertiary/aromatic N) is 1. The minimum Gasteiger partial charge on any atom is -0.469 e. The highest BCUT2D eigenvalue weighted by molar-refractivity contribution is 8.13.